The Hall–Kier alpha value is -1.69. The van der Waals surface area contributed by atoms with Gasteiger partial charge < -0.3 is 5.11 Å². The summed E-state index contributed by atoms with van der Waals surface area (Å²) in [4.78, 5) is 15.9. The minimum Gasteiger partial charge on any atom is -0.481 e. The third-order valence-corrected chi connectivity index (χ3v) is 5.25. The summed E-state index contributed by atoms with van der Waals surface area (Å²) < 4.78 is 1.96. The first-order valence-corrected chi connectivity index (χ1v) is 8.92. The molecule has 3 rings (SSSR count). The molecule has 0 saturated heterocycles. The second kappa shape index (κ2) is 5.74. The SMILES string of the molecule is Cc1csc(-n2nc(C(C)(C)C)c3c2CCCC3CC(=O)O)n1. The fourth-order valence-corrected chi connectivity index (χ4v) is 4.14. The average molecular weight is 333 g/mol. The van der Waals surface area contributed by atoms with E-state index >= 15 is 0 Å². The minimum absolute atomic E-state index is 0.0558. The van der Waals surface area contributed by atoms with Crippen LogP contribution in [0.1, 0.15) is 68.6 Å². The molecule has 5 nitrogen and oxygen atoms in total. The van der Waals surface area contributed by atoms with Crippen molar-refractivity contribution in [3.05, 3.63) is 28.0 Å². The van der Waals surface area contributed by atoms with Gasteiger partial charge in [0.15, 0.2) is 0 Å². The zero-order chi connectivity index (χ0) is 16.8. The summed E-state index contributed by atoms with van der Waals surface area (Å²) in [7, 11) is 0. The summed E-state index contributed by atoms with van der Waals surface area (Å²) in [6.45, 7) is 8.40. The van der Waals surface area contributed by atoms with Gasteiger partial charge in [0.2, 0.25) is 5.13 Å². The van der Waals surface area contributed by atoms with Crippen molar-refractivity contribution in [3.63, 3.8) is 0 Å². The van der Waals surface area contributed by atoms with Gasteiger partial charge in [-0.3, -0.25) is 4.79 Å². The number of nitrogens with zero attached hydrogens (tertiary/aromatic N) is 3. The van der Waals surface area contributed by atoms with Crippen molar-refractivity contribution < 1.29 is 9.90 Å². The molecule has 2 aromatic heterocycles. The van der Waals surface area contributed by atoms with E-state index < -0.39 is 5.97 Å². The van der Waals surface area contributed by atoms with Crippen molar-refractivity contribution in [1.82, 2.24) is 14.8 Å². The standard InChI is InChI=1S/C17H23N3O2S/c1-10-9-23-16(18-10)20-12-7-5-6-11(8-13(21)22)14(12)15(19-20)17(2,3)4/h9,11H,5-8H2,1-4H3,(H,21,22). The average Bonchev–Trinajstić information content (AvgIpc) is 3.01. The van der Waals surface area contributed by atoms with E-state index in [1.54, 1.807) is 11.3 Å². The lowest BCUT2D eigenvalue weighted by molar-refractivity contribution is -0.137. The topological polar surface area (TPSA) is 68.0 Å². The molecule has 1 aliphatic carbocycles. The quantitative estimate of drug-likeness (QED) is 0.927. The summed E-state index contributed by atoms with van der Waals surface area (Å²) in [5.41, 5.74) is 4.20. The lowest BCUT2D eigenvalue weighted by atomic mass is 9.78. The first-order valence-electron chi connectivity index (χ1n) is 8.04. The van der Waals surface area contributed by atoms with E-state index in [9.17, 15) is 9.90 Å². The number of thiazole rings is 1. The third kappa shape index (κ3) is 3.04. The maximum Gasteiger partial charge on any atom is 0.303 e. The number of aliphatic carboxylic acids is 1. The molecule has 0 fully saturated rings. The van der Waals surface area contributed by atoms with Crippen LogP contribution < -0.4 is 0 Å². The van der Waals surface area contributed by atoms with E-state index in [2.05, 4.69) is 25.8 Å². The summed E-state index contributed by atoms with van der Waals surface area (Å²) in [5, 5.41) is 17.1. The zero-order valence-electron chi connectivity index (χ0n) is 14.1. The summed E-state index contributed by atoms with van der Waals surface area (Å²) in [6.07, 6.45) is 3.04. The van der Waals surface area contributed by atoms with E-state index in [4.69, 9.17) is 5.10 Å². The predicted molar refractivity (Wildman–Crippen MR) is 90.6 cm³/mol. The molecule has 0 radical (unpaired) electrons. The largest absolute Gasteiger partial charge is 0.481 e. The van der Waals surface area contributed by atoms with Gasteiger partial charge in [-0.25, -0.2) is 9.67 Å². The molecule has 0 bridgehead atoms. The Kier molecular flexibility index (Phi) is 4.04. The Morgan fingerprint density at radius 2 is 2.22 bits per heavy atom. The molecule has 0 saturated carbocycles. The van der Waals surface area contributed by atoms with Gasteiger partial charge in [-0.2, -0.15) is 5.10 Å². The van der Waals surface area contributed by atoms with Crippen LogP contribution in [0.4, 0.5) is 0 Å². The lowest BCUT2D eigenvalue weighted by Crippen LogP contribution is -2.20. The van der Waals surface area contributed by atoms with Crippen LogP contribution in [0.2, 0.25) is 0 Å². The van der Waals surface area contributed by atoms with Gasteiger partial charge in [0.25, 0.3) is 0 Å². The number of hydrogen-bond acceptors (Lipinski definition) is 4. The highest BCUT2D eigenvalue weighted by Crippen LogP contribution is 2.41. The van der Waals surface area contributed by atoms with Crippen molar-refractivity contribution in [2.24, 2.45) is 0 Å². The van der Waals surface area contributed by atoms with Gasteiger partial charge in [0.05, 0.1) is 23.5 Å². The molecule has 124 valence electrons. The van der Waals surface area contributed by atoms with E-state index in [1.165, 1.54) is 0 Å². The predicted octanol–water partition coefficient (Wildman–Crippen LogP) is 3.83. The number of carbonyl (C=O) groups is 1. The number of rotatable bonds is 3. The fraction of sp³-hybridized carbons (Fsp3) is 0.588. The van der Waals surface area contributed by atoms with Crippen LogP contribution in [0.5, 0.6) is 0 Å². The van der Waals surface area contributed by atoms with Crippen LogP contribution in [-0.4, -0.2) is 25.8 Å². The number of carboxylic acid groups (broad SMARTS) is 1. The molecule has 1 unspecified atom stereocenters. The number of aromatic nitrogens is 3. The van der Waals surface area contributed by atoms with Crippen LogP contribution in [0, 0.1) is 6.92 Å². The highest BCUT2D eigenvalue weighted by molar-refractivity contribution is 7.12. The third-order valence-electron chi connectivity index (χ3n) is 4.32. The molecule has 6 heteroatoms. The van der Waals surface area contributed by atoms with Crippen molar-refractivity contribution in [3.8, 4) is 5.13 Å². The van der Waals surface area contributed by atoms with E-state index in [0.717, 1.165) is 47.0 Å². The van der Waals surface area contributed by atoms with Gasteiger partial charge >= 0.3 is 5.97 Å². The zero-order valence-corrected chi connectivity index (χ0v) is 14.9. The Balaban J connectivity index is 2.17. The number of fused-ring (bicyclic) bond motifs is 1. The molecule has 1 N–H and O–H groups in total. The first kappa shape index (κ1) is 16.2. The molecule has 1 aliphatic rings. The Bertz CT molecular complexity index is 740. The molecule has 0 spiro atoms. The monoisotopic (exact) mass is 333 g/mol. The van der Waals surface area contributed by atoms with Gasteiger partial charge in [-0.15, -0.1) is 11.3 Å². The van der Waals surface area contributed by atoms with Crippen molar-refractivity contribution >= 4 is 17.3 Å². The molecular formula is C17H23N3O2S. The highest BCUT2D eigenvalue weighted by Gasteiger charge is 2.35. The smallest absolute Gasteiger partial charge is 0.303 e. The molecule has 2 aromatic rings. The molecule has 0 amide bonds. The molecular weight excluding hydrogens is 310 g/mol. The van der Waals surface area contributed by atoms with Gasteiger partial charge in [-0.05, 0) is 32.1 Å². The van der Waals surface area contributed by atoms with Crippen LogP contribution >= 0.6 is 11.3 Å². The van der Waals surface area contributed by atoms with E-state index in [0.29, 0.717) is 0 Å². The van der Waals surface area contributed by atoms with E-state index in [-0.39, 0.29) is 17.8 Å². The molecule has 1 atom stereocenters. The van der Waals surface area contributed by atoms with Crippen LogP contribution in [0.3, 0.4) is 0 Å². The van der Waals surface area contributed by atoms with Crippen molar-refractivity contribution in [1.29, 1.82) is 0 Å². The Morgan fingerprint density at radius 3 is 2.78 bits per heavy atom. The molecule has 23 heavy (non-hydrogen) atoms. The number of hydrogen-bond donors (Lipinski definition) is 1. The van der Waals surface area contributed by atoms with Crippen molar-refractivity contribution in [2.75, 3.05) is 0 Å². The fourth-order valence-electron chi connectivity index (χ4n) is 3.36. The summed E-state index contributed by atoms with van der Waals surface area (Å²) in [6, 6.07) is 0. The summed E-state index contributed by atoms with van der Waals surface area (Å²) in [5.74, 6) is -0.680. The van der Waals surface area contributed by atoms with E-state index in [1.807, 2.05) is 17.0 Å². The molecule has 2 heterocycles. The Labute approximate surface area is 140 Å². The van der Waals surface area contributed by atoms with Gasteiger partial charge in [-0.1, -0.05) is 20.8 Å². The minimum atomic E-state index is -0.736. The Morgan fingerprint density at radius 1 is 1.48 bits per heavy atom. The maximum absolute atomic E-state index is 11.3. The second-order valence-corrected chi connectivity index (χ2v) is 8.17. The molecule has 0 aliphatic heterocycles. The normalized spacial score (nSPS) is 18.0. The van der Waals surface area contributed by atoms with Crippen molar-refractivity contribution in [2.45, 2.75) is 64.7 Å². The van der Waals surface area contributed by atoms with Crippen LogP contribution in [0.25, 0.3) is 5.13 Å². The lowest BCUT2D eigenvalue weighted by Gasteiger charge is -2.26. The number of carboxylic acids is 1. The summed E-state index contributed by atoms with van der Waals surface area (Å²) >= 11 is 1.59. The van der Waals surface area contributed by atoms with Crippen LogP contribution in [-0.2, 0) is 16.6 Å². The first-order chi connectivity index (χ1) is 10.8. The second-order valence-electron chi connectivity index (χ2n) is 7.33. The van der Waals surface area contributed by atoms with Crippen LogP contribution in [0.15, 0.2) is 5.38 Å². The van der Waals surface area contributed by atoms with Gasteiger partial charge in [0.1, 0.15) is 0 Å². The number of aryl methyl sites for hydroxylation is 1. The maximum atomic E-state index is 11.3. The van der Waals surface area contributed by atoms with Gasteiger partial charge in [0, 0.05) is 16.4 Å². The molecule has 0 aromatic carbocycles. The highest BCUT2D eigenvalue weighted by atomic mass is 32.1.